The van der Waals surface area contributed by atoms with Crippen molar-refractivity contribution in [2.75, 3.05) is 0 Å². The Labute approximate surface area is 99.5 Å². The Kier molecular flexibility index (Phi) is 8.96. The smallest absolute Gasteiger partial charge is 0.427 e. The van der Waals surface area contributed by atoms with Crippen molar-refractivity contribution < 1.29 is 10.0 Å². The second kappa shape index (κ2) is 9.43. The molecule has 0 atom stereocenters. The molecule has 0 aliphatic carbocycles. The van der Waals surface area contributed by atoms with Crippen molar-refractivity contribution >= 4 is 7.12 Å². The molecule has 1 rings (SSSR count). The molecule has 90 valence electrons. The number of rotatable bonds is 4. The van der Waals surface area contributed by atoms with Crippen LogP contribution in [0.2, 0.25) is 6.82 Å². The summed E-state index contributed by atoms with van der Waals surface area (Å²) >= 11 is 0. The van der Waals surface area contributed by atoms with Crippen molar-refractivity contribution in [1.29, 1.82) is 0 Å². The molecule has 1 aromatic rings. The van der Waals surface area contributed by atoms with Gasteiger partial charge in [-0.25, -0.2) is 0 Å². The van der Waals surface area contributed by atoms with Gasteiger partial charge in [-0.15, -0.1) is 0 Å². The lowest BCUT2D eigenvalue weighted by Gasteiger charge is -2.02. The second-order valence-corrected chi connectivity index (χ2v) is 3.95. The molecule has 0 aliphatic heterocycles. The Morgan fingerprint density at radius 3 is 1.69 bits per heavy atom. The molecule has 0 radical (unpaired) electrons. The molecule has 0 saturated carbocycles. The minimum absolute atomic E-state index is 1.17. The van der Waals surface area contributed by atoms with Crippen LogP contribution in [0.25, 0.3) is 0 Å². The van der Waals surface area contributed by atoms with Gasteiger partial charge in [-0.05, 0) is 30.8 Å². The lowest BCUT2D eigenvalue weighted by atomic mass is 9.99. The third kappa shape index (κ3) is 8.51. The molecule has 1 aromatic carbocycles. The predicted molar refractivity (Wildman–Crippen MR) is 70.5 cm³/mol. The van der Waals surface area contributed by atoms with Crippen molar-refractivity contribution in [3.8, 4) is 0 Å². The van der Waals surface area contributed by atoms with Crippen LogP contribution >= 0.6 is 0 Å². The highest BCUT2D eigenvalue weighted by Crippen LogP contribution is 2.09. The van der Waals surface area contributed by atoms with E-state index in [1.54, 1.807) is 0 Å². The van der Waals surface area contributed by atoms with E-state index in [9.17, 15) is 0 Å². The molecule has 2 N–H and O–H groups in total. The highest BCUT2D eigenvalue weighted by Gasteiger charge is 1.93. The van der Waals surface area contributed by atoms with Gasteiger partial charge in [-0.3, -0.25) is 0 Å². The van der Waals surface area contributed by atoms with Crippen molar-refractivity contribution in [2.45, 2.75) is 46.4 Å². The van der Waals surface area contributed by atoms with Crippen LogP contribution in [0.5, 0.6) is 0 Å². The molecule has 0 spiro atoms. The first-order chi connectivity index (χ1) is 7.60. The fourth-order valence-corrected chi connectivity index (χ4v) is 1.52. The quantitative estimate of drug-likeness (QED) is 0.769. The summed E-state index contributed by atoms with van der Waals surface area (Å²) in [4.78, 5) is 0. The van der Waals surface area contributed by atoms with Crippen LogP contribution in [0.1, 0.15) is 37.8 Å². The zero-order valence-electron chi connectivity index (χ0n) is 10.6. The first kappa shape index (κ1) is 15.2. The van der Waals surface area contributed by atoms with Gasteiger partial charge in [0.1, 0.15) is 0 Å². The van der Waals surface area contributed by atoms with Crippen LogP contribution in [0.15, 0.2) is 24.3 Å². The number of hydrogen-bond donors (Lipinski definition) is 2. The number of benzene rings is 1. The molecule has 0 bridgehead atoms. The van der Waals surface area contributed by atoms with Gasteiger partial charge >= 0.3 is 7.12 Å². The highest BCUT2D eigenvalue weighted by atomic mass is 16.4. The summed E-state index contributed by atoms with van der Waals surface area (Å²) in [6.07, 6.45) is 4.93. The molecule has 2 nitrogen and oxygen atoms in total. The van der Waals surface area contributed by atoms with Crippen LogP contribution in [-0.4, -0.2) is 17.2 Å². The van der Waals surface area contributed by atoms with Gasteiger partial charge in [0.2, 0.25) is 0 Å². The van der Waals surface area contributed by atoms with Gasteiger partial charge in [0, 0.05) is 0 Å². The third-order valence-corrected chi connectivity index (χ3v) is 2.07. The maximum Gasteiger partial charge on any atom is 0.448 e. The summed E-state index contributed by atoms with van der Waals surface area (Å²) in [6, 6.07) is 8.97. The van der Waals surface area contributed by atoms with E-state index in [-0.39, 0.29) is 0 Å². The zero-order valence-corrected chi connectivity index (χ0v) is 10.6. The van der Waals surface area contributed by atoms with Crippen molar-refractivity contribution in [1.82, 2.24) is 0 Å². The van der Waals surface area contributed by atoms with Gasteiger partial charge in [-0.2, -0.15) is 0 Å². The molecular weight excluding hydrogens is 199 g/mol. The van der Waals surface area contributed by atoms with E-state index >= 15 is 0 Å². The lowest BCUT2D eigenvalue weighted by Crippen LogP contribution is -2.00. The summed E-state index contributed by atoms with van der Waals surface area (Å²) < 4.78 is 0. The van der Waals surface area contributed by atoms with E-state index in [4.69, 9.17) is 10.0 Å². The number of hydrogen-bond acceptors (Lipinski definition) is 2. The Morgan fingerprint density at radius 2 is 1.38 bits per heavy atom. The molecule has 0 aliphatic rings. The maximum atomic E-state index is 7.61. The van der Waals surface area contributed by atoms with E-state index < -0.39 is 7.12 Å². The Hall–Kier alpha value is -0.795. The van der Waals surface area contributed by atoms with Gasteiger partial charge in [-0.1, -0.05) is 51.0 Å². The summed E-state index contributed by atoms with van der Waals surface area (Å²) in [6.45, 7) is 5.74. The van der Waals surface area contributed by atoms with Gasteiger partial charge in [0.15, 0.2) is 0 Å². The third-order valence-electron chi connectivity index (χ3n) is 2.07. The first-order valence-corrected chi connectivity index (χ1v) is 6.04. The van der Waals surface area contributed by atoms with Crippen LogP contribution < -0.4 is 0 Å². The van der Waals surface area contributed by atoms with E-state index in [0.717, 1.165) is 0 Å². The Balaban J connectivity index is 0.000000487. The summed E-state index contributed by atoms with van der Waals surface area (Å²) in [5.41, 5.74) is 2.98. The van der Waals surface area contributed by atoms with Crippen molar-refractivity contribution in [3.63, 3.8) is 0 Å². The number of aryl methyl sites for hydroxylation is 2. The summed E-state index contributed by atoms with van der Waals surface area (Å²) in [5, 5.41) is 15.2. The molecule has 0 amide bonds. The van der Waals surface area contributed by atoms with Gasteiger partial charge in [0.05, 0.1) is 0 Å². The maximum absolute atomic E-state index is 7.61. The SMILES string of the molecule is CB(O)O.CCCc1cccc(CCC)c1. The zero-order chi connectivity index (χ0) is 12.4. The normalized spacial score (nSPS) is 9.31. The molecule has 0 fully saturated rings. The summed E-state index contributed by atoms with van der Waals surface area (Å²) in [5.74, 6) is 0. The summed E-state index contributed by atoms with van der Waals surface area (Å²) in [7, 11) is -1.17. The molecular formula is C13H23BO2. The van der Waals surface area contributed by atoms with Gasteiger partial charge in [0.25, 0.3) is 0 Å². The Morgan fingerprint density at radius 1 is 1.00 bits per heavy atom. The minimum atomic E-state index is -1.17. The predicted octanol–water partition coefficient (Wildman–Crippen LogP) is 2.68. The van der Waals surface area contributed by atoms with Gasteiger partial charge < -0.3 is 10.0 Å². The highest BCUT2D eigenvalue weighted by molar-refractivity contribution is 6.38. The molecule has 0 aromatic heterocycles. The van der Waals surface area contributed by atoms with E-state index in [1.165, 1.54) is 43.6 Å². The van der Waals surface area contributed by atoms with Crippen LogP contribution in [0.4, 0.5) is 0 Å². The second-order valence-electron chi connectivity index (χ2n) is 3.95. The largest absolute Gasteiger partial charge is 0.448 e. The van der Waals surface area contributed by atoms with E-state index in [0.29, 0.717) is 0 Å². The molecule has 3 heteroatoms. The first-order valence-electron chi connectivity index (χ1n) is 6.04. The average Bonchev–Trinajstić information content (AvgIpc) is 2.18. The fraction of sp³-hybridized carbons (Fsp3) is 0.538. The molecule has 0 heterocycles. The van der Waals surface area contributed by atoms with Crippen LogP contribution in [0.3, 0.4) is 0 Å². The monoisotopic (exact) mass is 222 g/mol. The Bertz CT molecular complexity index is 250. The lowest BCUT2D eigenvalue weighted by molar-refractivity contribution is 0.417. The topological polar surface area (TPSA) is 40.5 Å². The van der Waals surface area contributed by atoms with Crippen molar-refractivity contribution in [2.24, 2.45) is 0 Å². The van der Waals surface area contributed by atoms with E-state index in [1.807, 2.05) is 0 Å². The van der Waals surface area contributed by atoms with E-state index in [2.05, 4.69) is 38.1 Å². The molecule has 0 unspecified atom stereocenters. The minimum Gasteiger partial charge on any atom is -0.427 e. The standard InChI is InChI=1S/C12H18.CH5BO2/c1-3-6-11-8-5-9-12(10-11)7-4-2;1-2(3)4/h5,8-10H,3-4,6-7H2,1-2H3;3-4H,1H3. The fourth-order valence-electron chi connectivity index (χ4n) is 1.52. The van der Waals surface area contributed by atoms with Crippen LogP contribution in [-0.2, 0) is 12.8 Å². The average molecular weight is 222 g/mol. The van der Waals surface area contributed by atoms with Crippen molar-refractivity contribution in [3.05, 3.63) is 35.4 Å². The molecule has 0 saturated heterocycles. The van der Waals surface area contributed by atoms with Crippen LogP contribution in [0, 0.1) is 0 Å². The molecule has 16 heavy (non-hydrogen) atoms.